The summed E-state index contributed by atoms with van der Waals surface area (Å²) in [7, 11) is 0. The van der Waals surface area contributed by atoms with Crippen molar-refractivity contribution in [1.82, 2.24) is 0 Å². The van der Waals surface area contributed by atoms with Crippen molar-refractivity contribution in [1.29, 1.82) is 0 Å². The summed E-state index contributed by atoms with van der Waals surface area (Å²) in [6.07, 6.45) is 1.22. The van der Waals surface area contributed by atoms with Gasteiger partial charge in [0, 0.05) is 43.5 Å². The highest BCUT2D eigenvalue weighted by Gasteiger charge is 2.22. The van der Waals surface area contributed by atoms with Gasteiger partial charge in [0.2, 0.25) is 11.8 Å². The Bertz CT molecular complexity index is 744. The van der Waals surface area contributed by atoms with Crippen LogP contribution in [0.15, 0.2) is 48.5 Å². The van der Waals surface area contributed by atoms with Crippen LogP contribution in [-0.4, -0.2) is 24.9 Å². The zero-order valence-electron chi connectivity index (χ0n) is 13.7. The van der Waals surface area contributed by atoms with Gasteiger partial charge >= 0.3 is 0 Å². The Hall–Kier alpha value is -2.82. The predicted octanol–water partition coefficient (Wildman–Crippen LogP) is 3.04. The van der Waals surface area contributed by atoms with Gasteiger partial charge in [0.05, 0.1) is 0 Å². The standard InChI is InChI=1S/C19H21N3O2/c1-14(23)22-12-10-15-13-17(7-8-18(15)22)21-19(24)9-11-20-16-5-3-2-4-6-16/h2-8,13,20H,9-12H2,1H3,(H,21,24). The molecule has 3 rings (SSSR count). The molecule has 0 fully saturated rings. The summed E-state index contributed by atoms with van der Waals surface area (Å²) in [5, 5.41) is 6.14. The van der Waals surface area contributed by atoms with Gasteiger partial charge < -0.3 is 15.5 Å². The number of benzene rings is 2. The molecular weight excluding hydrogens is 302 g/mol. The van der Waals surface area contributed by atoms with Crippen LogP contribution in [0, 0.1) is 0 Å². The number of nitrogens with one attached hydrogen (secondary N) is 2. The molecule has 2 amide bonds. The zero-order valence-corrected chi connectivity index (χ0v) is 13.7. The molecule has 0 saturated carbocycles. The van der Waals surface area contributed by atoms with Crippen molar-refractivity contribution in [2.75, 3.05) is 28.6 Å². The summed E-state index contributed by atoms with van der Waals surface area (Å²) in [5.41, 5.74) is 3.84. The second-order valence-electron chi connectivity index (χ2n) is 5.86. The molecule has 0 atom stereocenters. The maximum atomic E-state index is 12.1. The Balaban J connectivity index is 1.53. The van der Waals surface area contributed by atoms with Crippen LogP contribution in [0.1, 0.15) is 18.9 Å². The first-order valence-corrected chi connectivity index (χ1v) is 8.13. The van der Waals surface area contributed by atoms with Crippen molar-refractivity contribution in [3.05, 3.63) is 54.1 Å². The average Bonchev–Trinajstić information content (AvgIpc) is 2.99. The van der Waals surface area contributed by atoms with Gasteiger partial charge in [-0.3, -0.25) is 9.59 Å². The maximum absolute atomic E-state index is 12.1. The smallest absolute Gasteiger partial charge is 0.226 e. The number of hydrogen-bond acceptors (Lipinski definition) is 3. The Morgan fingerprint density at radius 2 is 1.88 bits per heavy atom. The Morgan fingerprint density at radius 3 is 2.62 bits per heavy atom. The fourth-order valence-corrected chi connectivity index (χ4v) is 2.91. The van der Waals surface area contributed by atoms with E-state index < -0.39 is 0 Å². The van der Waals surface area contributed by atoms with Gasteiger partial charge in [0.15, 0.2) is 0 Å². The van der Waals surface area contributed by atoms with Crippen LogP contribution in [0.5, 0.6) is 0 Å². The van der Waals surface area contributed by atoms with Crippen molar-refractivity contribution in [3.8, 4) is 0 Å². The van der Waals surface area contributed by atoms with Gasteiger partial charge in [-0.15, -0.1) is 0 Å². The number of amides is 2. The molecule has 5 heteroatoms. The van der Waals surface area contributed by atoms with Gasteiger partial charge in [0.25, 0.3) is 0 Å². The van der Waals surface area contributed by atoms with E-state index in [1.54, 1.807) is 11.8 Å². The largest absolute Gasteiger partial charge is 0.385 e. The van der Waals surface area contributed by atoms with E-state index in [2.05, 4.69) is 10.6 Å². The molecule has 2 aromatic rings. The minimum atomic E-state index is -0.0280. The summed E-state index contributed by atoms with van der Waals surface area (Å²) in [6.45, 7) is 2.87. The molecule has 24 heavy (non-hydrogen) atoms. The number of nitrogens with zero attached hydrogens (tertiary/aromatic N) is 1. The fourth-order valence-electron chi connectivity index (χ4n) is 2.91. The molecule has 2 N–H and O–H groups in total. The Kier molecular flexibility index (Phi) is 4.79. The van der Waals surface area contributed by atoms with E-state index >= 15 is 0 Å². The van der Waals surface area contributed by atoms with Gasteiger partial charge in [-0.25, -0.2) is 0 Å². The molecule has 0 aromatic heterocycles. The molecule has 5 nitrogen and oxygen atoms in total. The van der Waals surface area contributed by atoms with Gasteiger partial charge in [-0.2, -0.15) is 0 Å². The molecule has 0 radical (unpaired) electrons. The fraction of sp³-hybridized carbons (Fsp3) is 0.263. The van der Waals surface area contributed by atoms with Crippen LogP contribution in [0.3, 0.4) is 0 Å². The number of carbonyl (C=O) groups is 2. The number of rotatable bonds is 5. The van der Waals surface area contributed by atoms with E-state index in [0.717, 1.165) is 29.0 Å². The SMILES string of the molecule is CC(=O)N1CCc2cc(NC(=O)CCNc3ccccc3)ccc21. The van der Waals surface area contributed by atoms with E-state index in [-0.39, 0.29) is 11.8 Å². The number of anilines is 3. The lowest BCUT2D eigenvalue weighted by Crippen LogP contribution is -2.25. The van der Waals surface area contributed by atoms with Gasteiger partial charge in [-0.05, 0) is 42.3 Å². The highest BCUT2D eigenvalue weighted by atomic mass is 16.2. The van der Waals surface area contributed by atoms with Crippen LogP contribution in [0.4, 0.5) is 17.1 Å². The lowest BCUT2D eigenvalue weighted by atomic mass is 10.1. The number of carbonyl (C=O) groups excluding carboxylic acids is 2. The highest BCUT2D eigenvalue weighted by Crippen LogP contribution is 2.30. The van der Waals surface area contributed by atoms with E-state index in [1.165, 1.54) is 0 Å². The summed E-state index contributed by atoms with van der Waals surface area (Å²) in [5.74, 6) is 0.0253. The second kappa shape index (κ2) is 7.17. The monoisotopic (exact) mass is 323 g/mol. The molecule has 1 heterocycles. The number of fused-ring (bicyclic) bond motifs is 1. The van der Waals surface area contributed by atoms with E-state index in [1.807, 2.05) is 48.5 Å². The van der Waals surface area contributed by atoms with Crippen molar-refractivity contribution in [2.24, 2.45) is 0 Å². The summed E-state index contributed by atoms with van der Waals surface area (Å²) < 4.78 is 0. The zero-order chi connectivity index (χ0) is 16.9. The molecule has 0 spiro atoms. The molecule has 0 bridgehead atoms. The first kappa shape index (κ1) is 16.1. The van der Waals surface area contributed by atoms with Gasteiger partial charge in [-0.1, -0.05) is 18.2 Å². The van der Waals surface area contributed by atoms with Crippen LogP contribution >= 0.6 is 0 Å². The number of hydrogen-bond donors (Lipinski definition) is 2. The third-order valence-corrected chi connectivity index (χ3v) is 4.09. The third-order valence-electron chi connectivity index (χ3n) is 4.09. The lowest BCUT2D eigenvalue weighted by Gasteiger charge is -2.15. The van der Waals surface area contributed by atoms with E-state index in [9.17, 15) is 9.59 Å². The third kappa shape index (κ3) is 3.74. The Labute approximate surface area is 141 Å². The molecule has 1 aliphatic heterocycles. The van der Waals surface area contributed by atoms with Crippen molar-refractivity contribution in [2.45, 2.75) is 19.8 Å². The molecule has 0 aliphatic carbocycles. The minimum Gasteiger partial charge on any atom is -0.385 e. The topological polar surface area (TPSA) is 61.4 Å². The molecule has 124 valence electrons. The summed E-state index contributed by atoms with van der Waals surface area (Å²) >= 11 is 0. The normalized spacial score (nSPS) is 12.6. The van der Waals surface area contributed by atoms with Crippen molar-refractivity contribution < 1.29 is 9.59 Å². The molecular formula is C19H21N3O2. The van der Waals surface area contributed by atoms with Crippen molar-refractivity contribution >= 4 is 28.9 Å². The average molecular weight is 323 g/mol. The minimum absolute atomic E-state index is 0.0280. The van der Waals surface area contributed by atoms with Gasteiger partial charge in [0.1, 0.15) is 0 Å². The van der Waals surface area contributed by atoms with E-state index in [4.69, 9.17) is 0 Å². The van der Waals surface area contributed by atoms with E-state index in [0.29, 0.717) is 19.5 Å². The second-order valence-corrected chi connectivity index (χ2v) is 5.86. The molecule has 1 aliphatic rings. The first-order chi connectivity index (χ1) is 11.6. The van der Waals surface area contributed by atoms with Crippen molar-refractivity contribution in [3.63, 3.8) is 0 Å². The predicted molar refractivity (Wildman–Crippen MR) is 96.4 cm³/mol. The first-order valence-electron chi connectivity index (χ1n) is 8.13. The molecule has 2 aromatic carbocycles. The van der Waals surface area contributed by atoms with Crippen LogP contribution in [0.2, 0.25) is 0 Å². The lowest BCUT2D eigenvalue weighted by molar-refractivity contribution is -0.117. The molecule has 0 saturated heterocycles. The van der Waals surface area contributed by atoms with Crippen LogP contribution < -0.4 is 15.5 Å². The number of para-hydroxylation sites is 1. The summed E-state index contributed by atoms with van der Waals surface area (Å²) in [4.78, 5) is 25.4. The van der Waals surface area contributed by atoms with Crippen LogP contribution in [0.25, 0.3) is 0 Å². The summed E-state index contributed by atoms with van der Waals surface area (Å²) in [6, 6.07) is 15.5. The van der Waals surface area contributed by atoms with Crippen LogP contribution in [-0.2, 0) is 16.0 Å². The maximum Gasteiger partial charge on any atom is 0.226 e. The Morgan fingerprint density at radius 1 is 1.08 bits per heavy atom. The molecule has 0 unspecified atom stereocenters. The highest BCUT2D eigenvalue weighted by molar-refractivity contribution is 5.95. The quantitative estimate of drug-likeness (QED) is 0.889.